The molecule has 1 aromatic rings. The van der Waals surface area contributed by atoms with Crippen LogP contribution in [0.25, 0.3) is 0 Å². The van der Waals surface area contributed by atoms with E-state index in [1.165, 1.54) is 109 Å². The van der Waals surface area contributed by atoms with E-state index in [1.54, 1.807) is 12.1 Å². The van der Waals surface area contributed by atoms with Crippen LogP contribution < -0.4 is 10.6 Å². The fraction of sp³-hybridized carbons (Fsp3) is 0.750. The van der Waals surface area contributed by atoms with Crippen LogP contribution in [0.2, 0.25) is 0 Å². The molecule has 206 valence electrons. The first-order valence-electron chi connectivity index (χ1n) is 15.2. The molecule has 0 saturated carbocycles. The first-order valence-corrected chi connectivity index (χ1v) is 15.2. The Bertz CT molecular complexity index is 686. The summed E-state index contributed by atoms with van der Waals surface area (Å²) in [4.78, 5) is 24.7. The minimum atomic E-state index is -0.149. The summed E-state index contributed by atoms with van der Waals surface area (Å²) >= 11 is 0. The quantitative estimate of drug-likeness (QED) is 0.147. The number of carbonyl (C=O) groups is 2. The van der Waals surface area contributed by atoms with Crippen molar-refractivity contribution >= 4 is 17.5 Å². The summed E-state index contributed by atoms with van der Waals surface area (Å²) in [7, 11) is 0. The van der Waals surface area contributed by atoms with Crippen LogP contribution in [-0.4, -0.2) is 17.9 Å². The number of rotatable bonds is 23. The SMILES string of the molecule is CCCCCCCCCCCCCCCCCCCCCC(=O)Nc1ccccc1C(=O)NC(C)C. The Kier molecular flexibility index (Phi) is 20.0. The number of hydrogen-bond acceptors (Lipinski definition) is 2. The molecule has 0 aliphatic carbocycles. The van der Waals surface area contributed by atoms with Crippen LogP contribution in [0.5, 0.6) is 0 Å². The van der Waals surface area contributed by atoms with Gasteiger partial charge in [0, 0.05) is 12.5 Å². The van der Waals surface area contributed by atoms with Crippen molar-refractivity contribution in [1.82, 2.24) is 5.32 Å². The first-order chi connectivity index (χ1) is 17.5. The first kappa shape index (κ1) is 32.2. The number of carbonyl (C=O) groups excluding carboxylic acids is 2. The fourth-order valence-electron chi connectivity index (χ4n) is 4.71. The Morgan fingerprint density at radius 1 is 0.639 bits per heavy atom. The molecule has 0 spiro atoms. The van der Waals surface area contributed by atoms with Gasteiger partial charge in [-0.1, -0.05) is 135 Å². The van der Waals surface area contributed by atoms with Gasteiger partial charge in [-0.2, -0.15) is 0 Å². The fourth-order valence-corrected chi connectivity index (χ4v) is 4.71. The molecule has 2 amide bonds. The van der Waals surface area contributed by atoms with Crippen molar-refractivity contribution in [1.29, 1.82) is 0 Å². The monoisotopic (exact) mass is 500 g/mol. The third-order valence-electron chi connectivity index (χ3n) is 6.87. The zero-order valence-electron chi connectivity index (χ0n) is 23.8. The third kappa shape index (κ3) is 17.6. The molecule has 1 rings (SSSR count). The molecule has 0 aromatic heterocycles. The smallest absolute Gasteiger partial charge is 0.253 e. The standard InChI is InChI=1S/C32H56N2O2/c1-4-5-6-7-8-9-10-11-12-13-14-15-16-17-18-19-20-21-22-27-31(35)34-30-26-24-23-25-29(30)32(36)33-28(2)3/h23-26,28H,4-22,27H2,1-3H3,(H,33,36)(H,34,35). The van der Waals surface area contributed by atoms with Gasteiger partial charge in [0.25, 0.3) is 5.91 Å². The van der Waals surface area contributed by atoms with Gasteiger partial charge in [0.1, 0.15) is 0 Å². The van der Waals surface area contributed by atoms with E-state index in [9.17, 15) is 9.59 Å². The number of nitrogens with one attached hydrogen (secondary N) is 2. The van der Waals surface area contributed by atoms with E-state index < -0.39 is 0 Å². The van der Waals surface area contributed by atoms with Crippen LogP contribution >= 0.6 is 0 Å². The van der Waals surface area contributed by atoms with E-state index in [-0.39, 0.29) is 17.9 Å². The van der Waals surface area contributed by atoms with E-state index in [0.717, 1.165) is 12.8 Å². The lowest BCUT2D eigenvalue weighted by molar-refractivity contribution is -0.116. The Morgan fingerprint density at radius 3 is 1.50 bits per heavy atom. The van der Waals surface area contributed by atoms with E-state index in [2.05, 4.69) is 17.6 Å². The van der Waals surface area contributed by atoms with Gasteiger partial charge >= 0.3 is 0 Å². The normalized spacial score (nSPS) is 11.1. The Labute approximate surface area is 222 Å². The Balaban J connectivity index is 1.93. The van der Waals surface area contributed by atoms with Crippen molar-refractivity contribution in [3.05, 3.63) is 29.8 Å². The molecule has 0 aliphatic heterocycles. The van der Waals surface area contributed by atoms with Crippen LogP contribution in [0.4, 0.5) is 5.69 Å². The van der Waals surface area contributed by atoms with E-state index >= 15 is 0 Å². The largest absolute Gasteiger partial charge is 0.350 e. The number of para-hydroxylation sites is 1. The lowest BCUT2D eigenvalue weighted by Gasteiger charge is -2.13. The molecule has 0 bridgehead atoms. The molecular weight excluding hydrogens is 444 g/mol. The minimum Gasteiger partial charge on any atom is -0.350 e. The van der Waals surface area contributed by atoms with Crippen LogP contribution in [0.1, 0.15) is 160 Å². The topological polar surface area (TPSA) is 58.2 Å². The lowest BCUT2D eigenvalue weighted by Crippen LogP contribution is -2.31. The van der Waals surface area contributed by atoms with Crippen molar-refractivity contribution in [3.63, 3.8) is 0 Å². The molecule has 1 aromatic carbocycles. The number of unbranched alkanes of at least 4 members (excludes halogenated alkanes) is 18. The van der Waals surface area contributed by atoms with Crippen LogP contribution in [0.15, 0.2) is 24.3 Å². The Morgan fingerprint density at radius 2 is 1.06 bits per heavy atom. The second-order valence-electron chi connectivity index (χ2n) is 10.8. The molecular formula is C32H56N2O2. The summed E-state index contributed by atoms with van der Waals surface area (Å²) in [5.41, 5.74) is 1.12. The highest BCUT2D eigenvalue weighted by molar-refractivity contribution is 6.03. The van der Waals surface area contributed by atoms with Gasteiger partial charge in [-0.25, -0.2) is 0 Å². The second kappa shape index (κ2) is 22.4. The molecule has 0 saturated heterocycles. The van der Waals surface area contributed by atoms with E-state index in [4.69, 9.17) is 0 Å². The molecule has 0 aliphatic rings. The highest BCUT2D eigenvalue weighted by atomic mass is 16.2. The average molecular weight is 501 g/mol. The van der Waals surface area contributed by atoms with Crippen LogP contribution in [0, 0.1) is 0 Å². The maximum atomic E-state index is 12.3. The molecule has 0 heterocycles. The number of benzene rings is 1. The zero-order valence-corrected chi connectivity index (χ0v) is 23.8. The summed E-state index contributed by atoms with van der Waals surface area (Å²) in [6, 6.07) is 7.28. The second-order valence-corrected chi connectivity index (χ2v) is 10.8. The number of hydrogen-bond donors (Lipinski definition) is 2. The predicted octanol–water partition coefficient (Wildman–Crippen LogP) is 9.59. The highest BCUT2D eigenvalue weighted by Gasteiger charge is 2.13. The van der Waals surface area contributed by atoms with Crippen molar-refractivity contribution in [3.8, 4) is 0 Å². The molecule has 0 unspecified atom stereocenters. The third-order valence-corrected chi connectivity index (χ3v) is 6.87. The van der Waals surface area contributed by atoms with E-state index in [1.807, 2.05) is 26.0 Å². The maximum absolute atomic E-state index is 12.3. The van der Waals surface area contributed by atoms with Gasteiger partial charge in [0.05, 0.1) is 11.3 Å². The average Bonchev–Trinajstić information content (AvgIpc) is 2.85. The maximum Gasteiger partial charge on any atom is 0.253 e. The Hall–Kier alpha value is -1.84. The molecule has 36 heavy (non-hydrogen) atoms. The van der Waals surface area contributed by atoms with E-state index in [0.29, 0.717) is 17.7 Å². The summed E-state index contributed by atoms with van der Waals surface area (Å²) in [5, 5.41) is 5.81. The summed E-state index contributed by atoms with van der Waals surface area (Å²) in [6.07, 6.45) is 26.1. The van der Waals surface area contributed by atoms with Crippen molar-refractivity contribution in [2.75, 3.05) is 5.32 Å². The van der Waals surface area contributed by atoms with Gasteiger partial charge in [-0.15, -0.1) is 0 Å². The lowest BCUT2D eigenvalue weighted by atomic mass is 10.0. The van der Waals surface area contributed by atoms with Crippen LogP contribution in [0.3, 0.4) is 0 Å². The van der Waals surface area contributed by atoms with Gasteiger partial charge in [0.15, 0.2) is 0 Å². The molecule has 0 fully saturated rings. The van der Waals surface area contributed by atoms with Gasteiger partial charge < -0.3 is 10.6 Å². The summed E-state index contributed by atoms with van der Waals surface area (Å²) in [6.45, 7) is 6.14. The van der Waals surface area contributed by atoms with Crippen molar-refractivity contribution in [2.45, 2.75) is 155 Å². The summed E-state index contributed by atoms with van der Waals surface area (Å²) in [5.74, 6) is -0.156. The highest BCUT2D eigenvalue weighted by Crippen LogP contribution is 2.17. The van der Waals surface area contributed by atoms with Crippen molar-refractivity contribution in [2.24, 2.45) is 0 Å². The predicted molar refractivity (Wildman–Crippen MR) is 156 cm³/mol. The van der Waals surface area contributed by atoms with Gasteiger partial charge in [-0.05, 0) is 32.4 Å². The molecule has 0 atom stereocenters. The van der Waals surface area contributed by atoms with Gasteiger partial charge in [-0.3, -0.25) is 9.59 Å². The molecule has 0 radical (unpaired) electrons. The minimum absolute atomic E-state index is 0.00762. The van der Waals surface area contributed by atoms with Gasteiger partial charge in [0.2, 0.25) is 5.91 Å². The molecule has 4 heteroatoms. The van der Waals surface area contributed by atoms with Crippen LogP contribution in [-0.2, 0) is 4.79 Å². The van der Waals surface area contributed by atoms with Crippen molar-refractivity contribution < 1.29 is 9.59 Å². The molecule has 2 N–H and O–H groups in total. The summed E-state index contributed by atoms with van der Waals surface area (Å²) < 4.78 is 0. The molecule has 4 nitrogen and oxygen atoms in total. The zero-order chi connectivity index (χ0) is 26.3. The number of amides is 2. The number of anilines is 1.